The molecule has 3 rings (SSSR count). The van der Waals surface area contributed by atoms with E-state index in [1.165, 1.54) is 71.1 Å². The second-order valence-electron chi connectivity index (χ2n) is 6.37. The van der Waals surface area contributed by atoms with Gasteiger partial charge in [0, 0.05) is 18.1 Å². The predicted octanol–water partition coefficient (Wildman–Crippen LogP) is 1.69. The lowest BCUT2D eigenvalue weighted by Crippen LogP contribution is -2.61. The van der Waals surface area contributed by atoms with Crippen molar-refractivity contribution in [1.29, 1.82) is 0 Å². The van der Waals surface area contributed by atoms with Gasteiger partial charge >= 0.3 is 0 Å². The number of nitrogens with one attached hydrogen (secondary N) is 1. The van der Waals surface area contributed by atoms with Crippen LogP contribution in [0.5, 0.6) is 0 Å². The van der Waals surface area contributed by atoms with E-state index >= 15 is 0 Å². The molecule has 0 aromatic heterocycles. The van der Waals surface area contributed by atoms with Gasteiger partial charge < -0.3 is 5.32 Å². The van der Waals surface area contributed by atoms with Gasteiger partial charge in [0.05, 0.1) is 0 Å². The average Bonchev–Trinajstić information content (AvgIpc) is 3.10. The molecule has 0 unspecified atom stereocenters. The first-order valence-corrected chi connectivity index (χ1v) is 8.05. The van der Waals surface area contributed by atoms with Crippen molar-refractivity contribution in [3.05, 3.63) is 0 Å². The van der Waals surface area contributed by atoms with E-state index in [0.717, 1.165) is 18.1 Å². The molecular weight excluding hydrogens is 222 g/mol. The molecule has 1 N–H and O–H groups in total. The van der Waals surface area contributed by atoms with Crippen molar-refractivity contribution >= 4 is 0 Å². The Bertz CT molecular complexity index is 254. The summed E-state index contributed by atoms with van der Waals surface area (Å²) in [6.07, 6.45) is 9.90. The van der Waals surface area contributed by atoms with Crippen molar-refractivity contribution in [1.82, 2.24) is 15.1 Å². The molecular formula is C15H29N3. The van der Waals surface area contributed by atoms with Crippen molar-refractivity contribution in [3.63, 3.8) is 0 Å². The van der Waals surface area contributed by atoms with Crippen molar-refractivity contribution in [2.75, 3.05) is 33.2 Å². The topological polar surface area (TPSA) is 18.5 Å². The van der Waals surface area contributed by atoms with Gasteiger partial charge in [0.15, 0.2) is 0 Å². The van der Waals surface area contributed by atoms with Crippen LogP contribution < -0.4 is 5.32 Å². The van der Waals surface area contributed by atoms with Crippen LogP contribution >= 0.6 is 0 Å². The first kappa shape index (κ1) is 12.9. The highest BCUT2D eigenvalue weighted by atomic mass is 15.3. The van der Waals surface area contributed by atoms with Crippen molar-refractivity contribution in [3.8, 4) is 0 Å². The SMILES string of the molecule is CN[C@H]1CCC[C@@H](N2CCCC2)[C@@H]1N1CCCC1. The Kier molecular flexibility index (Phi) is 4.22. The Morgan fingerprint density at radius 3 is 2.00 bits per heavy atom. The van der Waals surface area contributed by atoms with Crippen LogP contribution in [0.4, 0.5) is 0 Å². The molecule has 3 aliphatic rings. The standard InChI is InChI=1S/C15H29N3/c1-16-13-7-6-8-14(17-9-2-3-10-17)15(13)18-11-4-5-12-18/h13-16H,2-12H2,1H3/t13-,14+,15+/m0/s1. The Morgan fingerprint density at radius 1 is 0.778 bits per heavy atom. The first-order chi connectivity index (χ1) is 8.90. The van der Waals surface area contributed by atoms with Crippen molar-refractivity contribution in [2.24, 2.45) is 0 Å². The molecule has 0 amide bonds. The van der Waals surface area contributed by atoms with Crippen LogP contribution in [0.3, 0.4) is 0 Å². The molecule has 104 valence electrons. The van der Waals surface area contributed by atoms with Gasteiger partial charge in [0.2, 0.25) is 0 Å². The van der Waals surface area contributed by atoms with Gasteiger partial charge in [-0.05, 0) is 71.8 Å². The Morgan fingerprint density at radius 2 is 1.39 bits per heavy atom. The molecule has 18 heavy (non-hydrogen) atoms. The third-order valence-corrected chi connectivity index (χ3v) is 5.36. The largest absolute Gasteiger partial charge is 0.315 e. The van der Waals surface area contributed by atoms with E-state index in [1.54, 1.807) is 0 Å². The van der Waals surface area contributed by atoms with E-state index in [-0.39, 0.29) is 0 Å². The lowest BCUT2D eigenvalue weighted by atomic mass is 9.84. The van der Waals surface area contributed by atoms with E-state index in [1.807, 2.05) is 0 Å². The van der Waals surface area contributed by atoms with Crippen LogP contribution in [-0.2, 0) is 0 Å². The van der Waals surface area contributed by atoms with Crippen LogP contribution in [0.15, 0.2) is 0 Å². The summed E-state index contributed by atoms with van der Waals surface area (Å²) in [7, 11) is 2.17. The van der Waals surface area contributed by atoms with Gasteiger partial charge in [-0.15, -0.1) is 0 Å². The molecule has 0 spiro atoms. The number of likely N-dealkylation sites (N-methyl/N-ethyl adjacent to an activating group) is 1. The minimum Gasteiger partial charge on any atom is -0.315 e. The zero-order chi connectivity index (χ0) is 12.4. The molecule has 2 aliphatic heterocycles. The van der Waals surface area contributed by atoms with Crippen molar-refractivity contribution in [2.45, 2.75) is 63.1 Å². The smallest absolute Gasteiger partial charge is 0.0404 e. The zero-order valence-corrected chi connectivity index (χ0v) is 11.9. The predicted molar refractivity (Wildman–Crippen MR) is 75.9 cm³/mol. The summed E-state index contributed by atoms with van der Waals surface area (Å²) in [4.78, 5) is 5.59. The fourth-order valence-corrected chi connectivity index (χ4v) is 4.48. The fourth-order valence-electron chi connectivity index (χ4n) is 4.48. The van der Waals surface area contributed by atoms with Gasteiger partial charge in [-0.25, -0.2) is 0 Å². The summed E-state index contributed by atoms with van der Waals surface area (Å²) in [5.41, 5.74) is 0. The molecule has 3 heteroatoms. The quantitative estimate of drug-likeness (QED) is 0.823. The first-order valence-electron chi connectivity index (χ1n) is 8.05. The summed E-state index contributed by atoms with van der Waals surface area (Å²) in [5.74, 6) is 0. The second kappa shape index (κ2) is 5.89. The van der Waals surface area contributed by atoms with E-state index in [0.29, 0.717) is 0 Å². The highest BCUT2D eigenvalue weighted by molar-refractivity contribution is 4.99. The Balaban J connectivity index is 1.75. The van der Waals surface area contributed by atoms with E-state index in [4.69, 9.17) is 0 Å². The summed E-state index contributed by atoms with van der Waals surface area (Å²) in [6.45, 7) is 5.39. The third kappa shape index (κ3) is 2.45. The number of rotatable bonds is 3. The molecule has 0 aromatic rings. The number of nitrogens with zero attached hydrogens (tertiary/aromatic N) is 2. The molecule has 3 atom stereocenters. The molecule has 0 bridgehead atoms. The highest BCUT2D eigenvalue weighted by Crippen LogP contribution is 2.31. The summed E-state index contributed by atoms with van der Waals surface area (Å²) in [6, 6.07) is 2.34. The number of likely N-dealkylation sites (tertiary alicyclic amines) is 2. The van der Waals surface area contributed by atoms with Crippen LogP contribution in [0, 0.1) is 0 Å². The summed E-state index contributed by atoms with van der Waals surface area (Å²) < 4.78 is 0. The molecule has 2 heterocycles. The lowest BCUT2D eigenvalue weighted by Gasteiger charge is -2.47. The third-order valence-electron chi connectivity index (χ3n) is 5.36. The molecule has 2 saturated heterocycles. The Hall–Kier alpha value is -0.120. The molecule has 1 aliphatic carbocycles. The second-order valence-corrected chi connectivity index (χ2v) is 6.37. The molecule has 0 aromatic carbocycles. The maximum absolute atomic E-state index is 3.62. The summed E-state index contributed by atoms with van der Waals surface area (Å²) in [5, 5.41) is 3.62. The summed E-state index contributed by atoms with van der Waals surface area (Å²) >= 11 is 0. The number of hydrogen-bond acceptors (Lipinski definition) is 3. The maximum atomic E-state index is 3.62. The van der Waals surface area contributed by atoms with Gasteiger partial charge in [-0.3, -0.25) is 9.80 Å². The zero-order valence-electron chi connectivity index (χ0n) is 11.9. The van der Waals surface area contributed by atoms with Crippen LogP contribution in [0.2, 0.25) is 0 Å². The van der Waals surface area contributed by atoms with Crippen LogP contribution in [-0.4, -0.2) is 61.2 Å². The van der Waals surface area contributed by atoms with Crippen LogP contribution in [0.1, 0.15) is 44.9 Å². The van der Waals surface area contributed by atoms with E-state index < -0.39 is 0 Å². The minimum atomic E-state index is 0.724. The maximum Gasteiger partial charge on any atom is 0.0404 e. The average molecular weight is 251 g/mol. The highest BCUT2D eigenvalue weighted by Gasteiger charge is 2.40. The Labute approximate surface area is 112 Å². The van der Waals surface area contributed by atoms with Gasteiger partial charge in [0.1, 0.15) is 0 Å². The molecule has 3 fully saturated rings. The van der Waals surface area contributed by atoms with Gasteiger partial charge in [-0.1, -0.05) is 6.42 Å². The van der Waals surface area contributed by atoms with Crippen LogP contribution in [0.25, 0.3) is 0 Å². The van der Waals surface area contributed by atoms with Gasteiger partial charge in [-0.2, -0.15) is 0 Å². The van der Waals surface area contributed by atoms with E-state index in [9.17, 15) is 0 Å². The molecule has 3 nitrogen and oxygen atoms in total. The minimum absolute atomic E-state index is 0.724. The monoisotopic (exact) mass is 251 g/mol. The fraction of sp³-hybridized carbons (Fsp3) is 1.00. The number of hydrogen-bond donors (Lipinski definition) is 1. The lowest BCUT2D eigenvalue weighted by molar-refractivity contribution is 0.0529. The normalized spacial score (nSPS) is 39.5. The molecule has 0 radical (unpaired) electrons. The van der Waals surface area contributed by atoms with Gasteiger partial charge in [0.25, 0.3) is 0 Å². The van der Waals surface area contributed by atoms with Crippen molar-refractivity contribution < 1.29 is 0 Å². The molecule has 1 saturated carbocycles. The van der Waals surface area contributed by atoms with E-state index in [2.05, 4.69) is 22.2 Å².